The van der Waals surface area contributed by atoms with E-state index >= 15 is 0 Å². The smallest absolute Gasteiger partial charge is 0.406 e. The minimum atomic E-state index is -0.811. The van der Waals surface area contributed by atoms with E-state index in [-0.39, 0.29) is 11.6 Å². The lowest BCUT2D eigenvalue weighted by molar-refractivity contribution is 0.0345. The molecule has 3 N–H and O–H groups in total. The molecule has 0 saturated heterocycles. The highest BCUT2D eigenvalue weighted by Crippen LogP contribution is 2.23. The molecule has 0 aliphatic carbocycles. The highest BCUT2D eigenvalue weighted by atomic mass is 16.5. The van der Waals surface area contributed by atoms with Crippen LogP contribution in [0.2, 0.25) is 0 Å². The average molecular weight is 442 g/mol. The summed E-state index contributed by atoms with van der Waals surface area (Å²) < 4.78 is 7.43. The first-order valence-electron chi connectivity index (χ1n) is 11.7. The third-order valence-electron chi connectivity index (χ3n) is 5.91. The number of methoxy groups -OCH3 is 1. The van der Waals surface area contributed by atoms with E-state index in [2.05, 4.69) is 17.0 Å². The quantitative estimate of drug-likeness (QED) is 0.338. The first-order valence-corrected chi connectivity index (χ1v) is 11.7. The zero-order valence-electron chi connectivity index (χ0n) is 19.9. The molecular weight excluding hydrogens is 398 g/mol. The van der Waals surface area contributed by atoms with E-state index in [9.17, 15) is 19.8 Å². The van der Waals surface area contributed by atoms with Gasteiger partial charge in [-0.1, -0.05) is 51.9 Å². The molecule has 0 bridgehead atoms. The summed E-state index contributed by atoms with van der Waals surface area (Å²) in [7, 11) is 2.93. The molecule has 1 rings (SSSR count). The summed E-state index contributed by atoms with van der Waals surface area (Å²) in [6.45, 7) is 5.00. The highest BCUT2D eigenvalue weighted by molar-refractivity contribution is 5.66. The Labute approximate surface area is 186 Å². The van der Waals surface area contributed by atoms with Crippen molar-refractivity contribution in [2.75, 3.05) is 13.7 Å². The Hall–Kier alpha value is -1.96. The number of carbonyl (C=O) groups excluding carboxylic acids is 1. The van der Waals surface area contributed by atoms with E-state index in [4.69, 9.17) is 0 Å². The van der Waals surface area contributed by atoms with Crippen LogP contribution >= 0.6 is 0 Å². The number of hydrogen-bond donors (Lipinski definition) is 3. The minimum Gasteiger partial charge on any atom is -0.493 e. The molecule has 31 heavy (non-hydrogen) atoms. The van der Waals surface area contributed by atoms with Crippen molar-refractivity contribution in [1.29, 1.82) is 0 Å². The van der Waals surface area contributed by atoms with Crippen LogP contribution in [0, 0.1) is 0 Å². The Kier molecular flexibility index (Phi) is 12.4. The standard InChI is InChI=1S/C23H43N3O5/c1-5-6-7-12-15-23(2,30)16-18-26-19(20(27)25(3)22(26)29)14-11-9-8-10-13-17-24-21(28)31-4/h27,30H,5-18H2,1-4H3,(H,24,28). The zero-order valence-corrected chi connectivity index (χ0v) is 19.9. The van der Waals surface area contributed by atoms with Gasteiger partial charge >= 0.3 is 11.8 Å². The Morgan fingerprint density at radius 3 is 2.39 bits per heavy atom. The highest BCUT2D eigenvalue weighted by Gasteiger charge is 2.23. The van der Waals surface area contributed by atoms with Crippen molar-refractivity contribution in [3.8, 4) is 5.88 Å². The predicted octanol–water partition coefficient (Wildman–Crippen LogP) is 3.85. The number of imidazole rings is 1. The van der Waals surface area contributed by atoms with Crippen molar-refractivity contribution in [3.05, 3.63) is 16.2 Å². The second kappa shape index (κ2) is 14.2. The van der Waals surface area contributed by atoms with Crippen LogP contribution in [-0.4, -0.2) is 44.7 Å². The Morgan fingerprint density at radius 1 is 1.06 bits per heavy atom. The number of ether oxygens (including phenoxy) is 1. The molecule has 1 aromatic rings. The fourth-order valence-corrected chi connectivity index (χ4v) is 3.80. The summed E-state index contributed by atoms with van der Waals surface area (Å²) >= 11 is 0. The normalized spacial score (nSPS) is 13.2. The molecule has 0 fully saturated rings. The number of unbranched alkanes of at least 4 members (excludes halogenated alkanes) is 7. The topological polar surface area (TPSA) is 106 Å². The van der Waals surface area contributed by atoms with Gasteiger partial charge in [0, 0.05) is 20.1 Å². The van der Waals surface area contributed by atoms with E-state index in [1.54, 1.807) is 11.6 Å². The fraction of sp³-hybridized carbons (Fsp3) is 0.826. The number of aromatic nitrogens is 2. The van der Waals surface area contributed by atoms with Crippen LogP contribution in [-0.2, 0) is 24.8 Å². The zero-order chi connectivity index (χ0) is 23.3. The van der Waals surface area contributed by atoms with E-state index in [1.807, 2.05) is 6.92 Å². The Balaban J connectivity index is 2.49. The summed E-state index contributed by atoms with van der Waals surface area (Å²) in [6.07, 6.45) is 10.6. The molecule has 1 amide bonds. The van der Waals surface area contributed by atoms with Crippen LogP contribution in [0.4, 0.5) is 4.79 Å². The van der Waals surface area contributed by atoms with Crippen LogP contribution in [0.15, 0.2) is 4.79 Å². The van der Waals surface area contributed by atoms with Gasteiger partial charge in [-0.2, -0.15) is 0 Å². The summed E-state index contributed by atoms with van der Waals surface area (Å²) in [5.74, 6) is 0.0230. The number of aliphatic hydroxyl groups is 1. The third-order valence-corrected chi connectivity index (χ3v) is 5.91. The summed E-state index contributed by atoms with van der Waals surface area (Å²) in [5.41, 5.74) is -0.390. The molecule has 1 atom stereocenters. The van der Waals surface area contributed by atoms with Crippen LogP contribution in [0.25, 0.3) is 0 Å². The Morgan fingerprint density at radius 2 is 1.71 bits per heavy atom. The second-order valence-corrected chi connectivity index (χ2v) is 8.76. The van der Waals surface area contributed by atoms with E-state index < -0.39 is 11.7 Å². The summed E-state index contributed by atoms with van der Waals surface area (Å²) in [6, 6.07) is 0. The number of alkyl carbamates (subject to hydrolysis) is 1. The van der Waals surface area contributed by atoms with Gasteiger partial charge in [-0.15, -0.1) is 0 Å². The molecule has 0 aliphatic heterocycles. The predicted molar refractivity (Wildman–Crippen MR) is 123 cm³/mol. The van der Waals surface area contributed by atoms with Crippen LogP contribution in [0.1, 0.15) is 90.2 Å². The van der Waals surface area contributed by atoms with Gasteiger partial charge in [0.2, 0.25) is 5.88 Å². The SMILES string of the molecule is CCCCCCC(C)(O)CCn1c(CCCCCCCNC(=O)OC)c(O)n(C)c1=O. The van der Waals surface area contributed by atoms with Crippen LogP contribution < -0.4 is 11.0 Å². The van der Waals surface area contributed by atoms with Crippen molar-refractivity contribution in [2.24, 2.45) is 7.05 Å². The number of nitrogens with zero attached hydrogens (tertiary/aromatic N) is 2. The molecule has 8 heteroatoms. The maximum atomic E-state index is 12.6. The van der Waals surface area contributed by atoms with Crippen LogP contribution in [0.5, 0.6) is 5.88 Å². The second-order valence-electron chi connectivity index (χ2n) is 8.76. The van der Waals surface area contributed by atoms with E-state index in [0.29, 0.717) is 31.6 Å². The number of nitrogens with one attached hydrogen (secondary N) is 1. The van der Waals surface area contributed by atoms with Crippen molar-refractivity contribution in [3.63, 3.8) is 0 Å². The fourth-order valence-electron chi connectivity index (χ4n) is 3.80. The van der Waals surface area contributed by atoms with E-state index in [0.717, 1.165) is 57.8 Å². The lowest BCUT2D eigenvalue weighted by Gasteiger charge is -2.23. The number of aromatic hydroxyl groups is 1. The average Bonchev–Trinajstić information content (AvgIpc) is 2.94. The van der Waals surface area contributed by atoms with E-state index in [1.165, 1.54) is 18.1 Å². The molecular formula is C23H43N3O5. The molecule has 1 unspecified atom stereocenters. The molecule has 8 nitrogen and oxygen atoms in total. The van der Waals surface area contributed by atoms with Crippen molar-refractivity contribution in [2.45, 2.75) is 103 Å². The van der Waals surface area contributed by atoms with Gasteiger partial charge in [0.1, 0.15) is 0 Å². The molecule has 180 valence electrons. The molecule has 0 spiro atoms. The summed E-state index contributed by atoms with van der Waals surface area (Å²) in [5, 5.41) is 23.7. The minimum absolute atomic E-state index is 0.0230. The summed E-state index contributed by atoms with van der Waals surface area (Å²) in [4.78, 5) is 23.5. The number of carbonyl (C=O) groups is 1. The first kappa shape index (κ1) is 27.1. The largest absolute Gasteiger partial charge is 0.493 e. The van der Waals surface area contributed by atoms with Gasteiger partial charge < -0.3 is 20.3 Å². The first-order chi connectivity index (χ1) is 14.7. The van der Waals surface area contributed by atoms with Crippen LogP contribution in [0.3, 0.4) is 0 Å². The number of amides is 1. The number of hydrogen-bond acceptors (Lipinski definition) is 5. The van der Waals surface area contributed by atoms with Crippen molar-refractivity contribution < 1.29 is 19.7 Å². The van der Waals surface area contributed by atoms with Gasteiger partial charge in [-0.25, -0.2) is 9.59 Å². The van der Waals surface area contributed by atoms with Crippen molar-refractivity contribution >= 4 is 6.09 Å². The molecule has 0 aliphatic rings. The van der Waals surface area contributed by atoms with Gasteiger partial charge in [-0.3, -0.25) is 9.13 Å². The monoisotopic (exact) mass is 441 g/mol. The lowest BCUT2D eigenvalue weighted by atomic mass is 9.94. The Bertz CT molecular complexity index is 709. The molecule has 1 heterocycles. The lowest BCUT2D eigenvalue weighted by Crippen LogP contribution is -2.30. The molecule has 0 aromatic carbocycles. The molecule has 0 radical (unpaired) electrons. The van der Waals surface area contributed by atoms with Gasteiger partial charge in [0.15, 0.2) is 0 Å². The van der Waals surface area contributed by atoms with Gasteiger partial charge in [0.25, 0.3) is 0 Å². The molecule has 1 aromatic heterocycles. The van der Waals surface area contributed by atoms with Crippen molar-refractivity contribution in [1.82, 2.24) is 14.5 Å². The van der Waals surface area contributed by atoms with Gasteiger partial charge in [0.05, 0.1) is 18.4 Å². The number of rotatable bonds is 16. The third kappa shape index (κ3) is 9.80. The molecule has 0 saturated carbocycles. The van der Waals surface area contributed by atoms with Gasteiger partial charge in [-0.05, 0) is 39.0 Å². The maximum absolute atomic E-state index is 12.6. The maximum Gasteiger partial charge on any atom is 0.406 e.